The summed E-state index contributed by atoms with van der Waals surface area (Å²) in [5, 5.41) is 0. The summed E-state index contributed by atoms with van der Waals surface area (Å²) in [7, 11) is -5.33. The summed E-state index contributed by atoms with van der Waals surface area (Å²) in [4.78, 5) is -1.19. The van der Waals surface area contributed by atoms with E-state index in [2.05, 4.69) is 0 Å². The molecule has 1 unspecified atom stereocenters. The molecule has 0 aromatic heterocycles. The standard InChI is InChI=1S/C16H18O10S2/c1-9-5-15(27(17,18)19)13(6-10(9)23-2)26-14-7-11(24-3)12(25-4)8-16(14)28(20,21)22/h5-8H,1-4H3,(H2-2,17,18,19,20,21,22)/p+1. The highest BCUT2D eigenvalue weighted by Gasteiger charge is 2.35. The van der Waals surface area contributed by atoms with E-state index < -0.39 is 42.3 Å². The van der Waals surface area contributed by atoms with Gasteiger partial charge in [0.1, 0.15) is 5.75 Å². The van der Waals surface area contributed by atoms with Crippen molar-refractivity contribution < 1.29 is 45.6 Å². The van der Waals surface area contributed by atoms with Crippen molar-refractivity contribution >= 4 is 21.0 Å². The molecule has 0 radical (unpaired) electrons. The number of methoxy groups -OCH3 is 3. The maximum atomic E-state index is 11.9. The van der Waals surface area contributed by atoms with Crippen LogP contribution in [0.2, 0.25) is 0 Å². The third-order valence-corrected chi connectivity index (χ3v) is 5.46. The Balaban J connectivity index is 2.74. The third-order valence-electron chi connectivity index (χ3n) is 3.70. The molecule has 2 aromatic carbocycles. The fraction of sp³-hybridized carbons (Fsp3) is 0.250. The molecule has 28 heavy (non-hydrogen) atoms. The zero-order valence-electron chi connectivity index (χ0n) is 15.3. The molecule has 2 aromatic rings. The first-order valence-corrected chi connectivity index (χ1v) is 10.4. The lowest BCUT2D eigenvalue weighted by atomic mass is 10.2. The topological polar surface area (TPSA) is 155 Å². The molecule has 0 aliphatic rings. The van der Waals surface area contributed by atoms with Gasteiger partial charge in [0.25, 0.3) is 4.90 Å². The van der Waals surface area contributed by atoms with Crippen LogP contribution in [0.4, 0.5) is 0 Å². The van der Waals surface area contributed by atoms with Crippen LogP contribution in [0.15, 0.2) is 34.1 Å². The van der Waals surface area contributed by atoms with Crippen LogP contribution >= 0.6 is 0 Å². The largest absolute Gasteiger partial charge is 0.581 e. The van der Waals surface area contributed by atoms with Crippen molar-refractivity contribution in [3.05, 3.63) is 29.8 Å². The predicted octanol–water partition coefficient (Wildman–Crippen LogP) is 3.08. The Bertz CT molecular complexity index is 976. The average Bonchev–Trinajstić information content (AvgIpc) is 2.60. The Labute approximate surface area is 163 Å². The number of rotatable bonds is 7. The molecule has 3 N–H and O–H groups in total. The van der Waals surface area contributed by atoms with Gasteiger partial charge in [-0.15, -0.1) is 0 Å². The highest BCUT2D eigenvalue weighted by Crippen LogP contribution is 2.43. The van der Waals surface area contributed by atoms with Crippen molar-refractivity contribution in [2.75, 3.05) is 21.3 Å². The van der Waals surface area contributed by atoms with E-state index in [9.17, 15) is 26.6 Å². The zero-order chi connectivity index (χ0) is 21.3. The fourth-order valence-electron chi connectivity index (χ4n) is 2.39. The number of benzene rings is 2. The van der Waals surface area contributed by atoms with Gasteiger partial charge in [-0.25, -0.2) is 0 Å². The molecule has 1 atom stereocenters. The Hall–Kier alpha value is -2.22. The average molecular weight is 435 g/mol. The highest BCUT2D eigenvalue weighted by molar-refractivity contribution is 7.92. The second kappa shape index (κ2) is 8.03. The molecule has 154 valence electrons. The maximum Gasteiger partial charge on any atom is 0.390 e. The second-order valence-electron chi connectivity index (χ2n) is 5.50. The minimum Gasteiger partial charge on any atom is -0.581 e. The summed E-state index contributed by atoms with van der Waals surface area (Å²) in [5.41, 5.74) is 0.392. The van der Waals surface area contributed by atoms with Crippen molar-refractivity contribution in [1.82, 2.24) is 0 Å². The predicted molar refractivity (Wildman–Crippen MR) is 98.6 cm³/mol. The summed E-state index contributed by atoms with van der Waals surface area (Å²) in [6.07, 6.45) is 0. The van der Waals surface area contributed by atoms with Crippen LogP contribution in [-0.2, 0) is 29.4 Å². The van der Waals surface area contributed by atoms with Crippen molar-refractivity contribution in [2.24, 2.45) is 0 Å². The van der Waals surface area contributed by atoms with Gasteiger partial charge in [-0.3, -0.25) is 0 Å². The molecule has 0 aliphatic carbocycles. The Morgan fingerprint density at radius 2 is 1.21 bits per heavy atom. The molecule has 0 bridgehead atoms. The molecule has 0 fully saturated rings. The molecule has 12 heteroatoms. The zero-order valence-corrected chi connectivity index (χ0v) is 17.0. The van der Waals surface area contributed by atoms with Crippen LogP contribution in [0.1, 0.15) is 5.56 Å². The molecule has 0 spiro atoms. The Morgan fingerprint density at radius 3 is 1.68 bits per heavy atom. The second-order valence-corrected chi connectivity index (χ2v) is 8.32. The first-order valence-electron chi connectivity index (χ1n) is 7.51. The highest BCUT2D eigenvalue weighted by atomic mass is 32.3. The number of ether oxygens (including phenoxy) is 4. The van der Waals surface area contributed by atoms with E-state index in [-0.39, 0.29) is 17.2 Å². The van der Waals surface area contributed by atoms with Crippen molar-refractivity contribution in [3.63, 3.8) is 0 Å². The van der Waals surface area contributed by atoms with Crippen LogP contribution < -0.4 is 18.9 Å². The summed E-state index contributed by atoms with van der Waals surface area (Å²) in [5.74, 6) is -0.460. The van der Waals surface area contributed by atoms with Gasteiger partial charge in [0.2, 0.25) is 15.4 Å². The van der Waals surface area contributed by atoms with E-state index in [1.54, 1.807) is 6.92 Å². The molecular weight excluding hydrogens is 416 g/mol. The summed E-state index contributed by atoms with van der Waals surface area (Å²) >= 11 is 0. The van der Waals surface area contributed by atoms with Gasteiger partial charge in [0.05, 0.1) is 21.3 Å². The number of hydrogen-bond donors (Lipinski definition) is 3. The van der Waals surface area contributed by atoms with E-state index in [1.165, 1.54) is 27.4 Å². The minimum absolute atomic E-state index is 0.0252. The normalized spacial score (nSPS) is 13.6. The molecule has 0 heterocycles. The summed E-state index contributed by atoms with van der Waals surface area (Å²) in [6, 6.07) is 4.42. The lowest BCUT2D eigenvalue weighted by Crippen LogP contribution is -2.12. The van der Waals surface area contributed by atoms with Gasteiger partial charge in [0.15, 0.2) is 23.0 Å². The Kier molecular flexibility index (Phi) is 6.33. The van der Waals surface area contributed by atoms with Crippen LogP contribution in [0.5, 0.6) is 28.7 Å². The minimum atomic E-state index is -4.71. The lowest BCUT2D eigenvalue weighted by molar-refractivity contribution is 0.344. The molecule has 10 nitrogen and oxygen atoms in total. The molecule has 2 rings (SSSR count). The van der Waals surface area contributed by atoms with Crippen molar-refractivity contribution in [2.45, 2.75) is 16.7 Å². The molecule has 0 aliphatic heterocycles. The Morgan fingerprint density at radius 1 is 0.750 bits per heavy atom. The molecule has 0 saturated heterocycles. The van der Waals surface area contributed by atoms with Gasteiger partial charge in [-0.2, -0.15) is 13.7 Å². The van der Waals surface area contributed by atoms with Gasteiger partial charge >= 0.3 is 10.5 Å². The van der Waals surface area contributed by atoms with E-state index in [4.69, 9.17) is 18.9 Å². The van der Waals surface area contributed by atoms with E-state index in [0.717, 1.165) is 18.2 Å². The van der Waals surface area contributed by atoms with Crippen LogP contribution in [-0.4, -0.2) is 39.5 Å². The quantitative estimate of drug-likeness (QED) is 0.552. The maximum absolute atomic E-state index is 11.9. The number of hydrogen-bond acceptors (Lipinski definition) is 7. The first-order chi connectivity index (χ1) is 12.9. The smallest absolute Gasteiger partial charge is 0.390 e. The SMILES string of the molecule is COc1cc(Oc2cc(OC)c(OC)cc2[S+](=O)(O)O)c([S+](=O)([O-])O)cc1C. The van der Waals surface area contributed by atoms with Gasteiger partial charge in [-0.05, 0) is 16.7 Å². The fourth-order valence-corrected chi connectivity index (χ4v) is 3.70. The van der Waals surface area contributed by atoms with Crippen molar-refractivity contribution in [3.8, 4) is 28.7 Å². The summed E-state index contributed by atoms with van der Waals surface area (Å²) < 4.78 is 84.8. The number of aryl methyl sites for hydroxylation is 1. The van der Waals surface area contributed by atoms with E-state index in [1.807, 2.05) is 0 Å². The van der Waals surface area contributed by atoms with Gasteiger partial charge in [0, 0.05) is 24.3 Å². The third kappa shape index (κ3) is 4.60. The molecular formula is C16H19O10S2+. The molecule has 0 amide bonds. The van der Waals surface area contributed by atoms with Crippen LogP contribution in [0.3, 0.4) is 0 Å². The van der Waals surface area contributed by atoms with Crippen molar-refractivity contribution in [1.29, 1.82) is 0 Å². The van der Waals surface area contributed by atoms with E-state index in [0.29, 0.717) is 5.56 Å². The molecule has 0 saturated carbocycles. The lowest BCUT2D eigenvalue weighted by Gasteiger charge is -2.16. The monoisotopic (exact) mass is 435 g/mol. The van der Waals surface area contributed by atoms with Gasteiger partial charge in [-0.1, -0.05) is 4.21 Å². The van der Waals surface area contributed by atoms with Crippen LogP contribution in [0, 0.1) is 6.92 Å². The van der Waals surface area contributed by atoms with E-state index >= 15 is 0 Å². The first kappa shape index (κ1) is 22.1. The van der Waals surface area contributed by atoms with Crippen LogP contribution in [0.25, 0.3) is 0 Å². The summed E-state index contributed by atoms with van der Waals surface area (Å²) in [6.45, 7) is 1.55. The van der Waals surface area contributed by atoms with Gasteiger partial charge < -0.3 is 23.5 Å².